The number of methoxy groups -OCH3 is 1. The molecule has 1 fully saturated rings. The van der Waals surface area contributed by atoms with Crippen molar-refractivity contribution in [1.82, 2.24) is 10.3 Å². The van der Waals surface area contributed by atoms with Crippen LogP contribution in [0, 0.1) is 0 Å². The van der Waals surface area contributed by atoms with E-state index in [1.165, 1.54) is 17.7 Å². The first kappa shape index (κ1) is 15.1. The van der Waals surface area contributed by atoms with E-state index in [2.05, 4.69) is 23.5 Å². The molecule has 0 radical (unpaired) electrons. The van der Waals surface area contributed by atoms with Crippen molar-refractivity contribution in [2.75, 3.05) is 37.6 Å². The van der Waals surface area contributed by atoms with Gasteiger partial charge in [-0.3, -0.25) is 0 Å². The van der Waals surface area contributed by atoms with Gasteiger partial charge in [0.2, 0.25) is 0 Å². The minimum absolute atomic E-state index is 0.606. The third kappa shape index (κ3) is 4.63. The number of ether oxygens (including phenoxy) is 1. The second kappa shape index (κ2) is 7.47. The second-order valence-corrected chi connectivity index (χ2v) is 6.92. The molecule has 1 aliphatic carbocycles. The van der Waals surface area contributed by atoms with Gasteiger partial charge in [-0.25, -0.2) is 4.98 Å². The predicted octanol–water partition coefficient (Wildman–Crippen LogP) is 2.34. The van der Waals surface area contributed by atoms with Crippen LogP contribution in [0.25, 0.3) is 0 Å². The Hall–Kier alpha value is -0.300. The second-order valence-electron chi connectivity index (χ2n) is 4.87. The number of nitrogens with zero attached hydrogens (tertiary/aromatic N) is 2. The summed E-state index contributed by atoms with van der Waals surface area (Å²) in [5.74, 6) is 1.13. The Morgan fingerprint density at radius 3 is 2.95 bits per heavy atom. The predicted molar refractivity (Wildman–Crippen MR) is 84.3 cm³/mol. The van der Waals surface area contributed by atoms with E-state index >= 15 is 0 Å². The lowest BCUT2D eigenvalue weighted by atomic mass is 10.3. The highest BCUT2D eigenvalue weighted by atomic mass is 32.2. The van der Waals surface area contributed by atoms with Crippen molar-refractivity contribution in [3.05, 3.63) is 10.6 Å². The molecular weight excluding hydrogens is 278 g/mol. The minimum Gasteiger partial charge on any atom is -0.378 e. The zero-order valence-corrected chi connectivity index (χ0v) is 13.6. The summed E-state index contributed by atoms with van der Waals surface area (Å²) in [6.07, 6.45) is 4.77. The lowest BCUT2D eigenvalue weighted by molar-refractivity contribution is 0.181. The average Bonchev–Trinajstić information content (AvgIpc) is 3.15. The number of thioether (sulfide) groups is 1. The summed E-state index contributed by atoms with van der Waals surface area (Å²) < 4.78 is 5.26. The zero-order valence-electron chi connectivity index (χ0n) is 11.9. The van der Waals surface area contributed by atoms with Gasteiger partial charge < -0.3 is 15.0 Å². The molecule has 1 N–H and O–H groups in total. The number of rotatable bonds is 9. The summed E-state index contributed by atoms with van der Waals surface area (Å²) in [7, 11) is 3.85. The molecule has 1 heterocycles. The summed E-state index contributed by atoms with van der Waals surface area (Å²) in [4.78, 5) is 8.28. The monoisotopic (exact) mass is 301 g/mol. The lowest BCUT2D eigenvalue weighted by Gasteiger charge is -2.14. The first-order valence-electron chi connectivity index (χ1n) is 6.65. The van der Waals surface area contributed by atoms with Crippen molar-refractivity contribution in [3.8, 4) is 0 Å². The van der Waals surface area contributed by atoms with Crippen LogP contribution >= 0.6 is 23.1 Å². The number of hydrogen-bond donors (Lipinski definition) is 1. The standard InChI is InChI=1S/C13H23N3OS2/c1-16(6-7-18-3)13-15-11(9-17-2)12(19-13)8-14-10-4-5-10/h10,14H,4-9H2,1-3H3. The molecule has 1 saturated carbocycles. The fraction of sp³-hybridized carbons (Fsp3) is 0.769. The largest absolute Gasteiger partial charge is 0.378 e. The summed E-state index contributed by atoms with van der Waals surface area (Å²) in [5, 5.41) is 4.66. The summed E-state index contributed by atoms with van der Waals surface area (Å²) >= 11 is 3.66. The van der Waals surface area contributed by atoms with E-state index in [9.17, 15) is 0 Å². The highest BCUT2D eigenvalue weighted by molar-refractivity contribution is 7.98. The number of aromatic nitrogens is 1. The Kier molecular flexibility index (Phi) is 5.94. The first-order chi connectivity index (χ1) is 9.24. The number of thiazole rings is 1. The van der Waals surface area contributed by atoms with Crippen molar-refractivity contribution >= 4 is 28.2 Å². The molecular formula is C13H23N3OS2. The molecule has 0 saturated heterocycles. The van der Waals surface area contributed by atoms with E-state index in [-0.39, 0.29) is 0 Å². The molecule has 1 aromatic rings. The van der Waals surface area contributed by atoms with Crippen molar-refractivity contribution in [1.29, 1.82) is 0 Å². The van der Waals surface area contributed by atoms with Gasteiger partial charge in [-0.05, 0) is 19.1 Å². The normalized spacial score (nSPS) is 14.9. The molecule has 0 amide bonds. The molecule has 4 nitrogen and oxygen atoms in total. The van der Waals surface area contributed by atoms with E-state index in [1.807, 2.05) is 11.8 Å². The quantitative estimate of drug-likeness (QED) is 0.758. The van der Waals surface area contributed by atoms with Crippen LogP contribution in [0.15, 0.2) is 0 Å². The maximum Gasteiger partial charge on any atom is 0.185 e. The molecule has 6 heteroatoms. The van der Waals surface area contributed by atoms with Crippen molar-refractivity contribution < 1.29 is 4.74 Å². The number of nitrogens with one attached hydrogen (secondary N) is 1. The van der Waals surface area contributed by atoms with Crippen LogP contribution in [0.1, 0.15) is 23.4 Å². The SMILES string of the molecule is COCc1nc(N(C)CCSC)sc1CNC1CC1. The number of anilines is 1. The molecule has 0 aromatic carbocycles. The third-order valence-corrected chi connectivity index (χ3v) is 4.94. The molecule has 2 rings (SSSR count). The minimum atomic E-state index is 0.606. The summed E-state index contributed by atoms with van der Waals surface area (Å²) in [5.41, 5.74) is 1.09. The molecule has 0 spiro atoms. The van der Waals surface area contributed by atoms with Gasteiger partial charge in [0, 0.05) is 43.9 Å². The van der Waals surface area contributed by atoms with E-state index < -0.39 is 0 Å². The molecule has 108 valence electrons. The van der Waals surface area contributed by atoms with Crippen LogP contribution in [0.3, 0.4) is 0 Å². The molecule has 0 bridgehead atoms. The van der Waals surface area contributed by atoms with Crippen LogP contribution < -0.4 is 10.2 Å². The maximum atomic E-state index is 5.26. The van der Waals surface area contributed by atoms with Crippen molar-refractivity contribution in [3.63, 3.8) is 0 Å². The van der Waals surface area contributed by atoms with E-state index in [0.29, 0.717) is 6.61 Å². The molecule has 1 aromatic heterocycles. The topological polar surface area (TPSA) is 37.4 Å². The highest BCUT2D eigenvalue weighted by Crippen LogP contribution is 2.28. The van der Waals surface area contributed by atoms with Crippen LogP contribution in [-0.4, -0.2) is 43.7 Å². The van der Waals surface area contributed by atoms with E-state index in [1.54, 1.807) is 18.4 Å². The summed E-state index contributed by atoms with van der Waals surface area (Å²) in [6.45, 7) is 2.57. The van der Waals surface area contributed by atoms with Crippen molar-refractivity contribution in [2.24, 2.45) is 0 Å². The Bertz CT molecular complexity index is 393. The van der Waals surface area contributed by atoms with Gasteiger partial charge in [-0.2, -0.15) is 11.8 Å². The Balaban J connectivity index is 1.99. The van der Waals surface area contributed by atoms with Gasteiger partial charge in [-0.1, -0.05) is 0 Å². The molecule has 0 aliphatic heterocycles. The summed E-state index contributed by atoms with van der Waals surface area (Å²) in [6, 6.07) is 0.732. The van der Waals surface area contributed by atoms with Crippen LogP contribution in [0.2, 0.25) is 0 Å². The fourth-order valence-corrected chi connectivity index (χ4v) is 3.23. The Labute approximate surface area is 123 Å². The van der Waals surface area contributed by atoms with Gasteiger partial charge in [0.05, 0.1) is 12.3 Å². The zero-order chi connectivity index (χ0) is 13.7. The smallest absolute Gasteiger partial charge is 0.185 e. The maximum absolute atomic E-state index is 5.26. The Morgan fingerprint density at radius 2 is 2.32 bits per heavy atom. The van der Waals surface area contributed by atoms with Crippen LogP contribution in [0.4, 0.5) is 5.13 Å². The molecule has 0 unspecified atom stereocenters. The average molecular weight is 301 g/mol. The van der Waals surface area contributed by atoms with Gasteiger partial charge in [0.1, 0.15) is 0 Å². The molecule has 1 aliphatic rings. The first-order valence-corrected chi connectivity index (χ1v) is 8.86. The van der Waals surface area contributed by atoms with E-state index in [0.717, 1.165) is 35.7 Å². The van der Waals surface area contributed by atoms with E-state index in [4.69, 9.17) is 9.72 Å². The molecule has 19 heavy (non-hydrogen) atoms. The molecule has 0 atom stereocenters. The van der Waals surface area contributed by atoms with Gasteiger partial charge in [0.15, 0.2) is 5.13 Å². The van der Waals surface area contributed by atoms with Crippen LogP contribution in [0.5, 0.6) is 0 Å². The highest BCUT2D eigenvalue weighted by Gasteiger charge is 2.22. The third-order valence-electron chi connectivity index (χ3n) is 3.13. The lowest BCUT2D eigenvalue weighted by Crippen LogP contribution is -2.19. The van der Waals surface area contributed by atoms with Gasteiger partial charge >= 0.3 is 0 Å². The van der Waals surface area contributed by atoms with Crippen molar-refractivity contribution in [2.45, 2.75) is 32.0 Å². The van der Waals surface area contributed by atoms with Gasteiger partial charge in [0.25, 0.3) is 0 Å². The van der Waals surface area contributed by atoms with Gasteiger partial charge in [-0.15, -0.1) is 11.3 Å². The number of hydrogen-bond acceptors (Lipinski definition) is 6. The van der Waals surface area contributed by atoms with Crippen LogP contribution in [-0.2, 0) is 17.9 Å². The fourth-order valence-electron chi connectivity index (χ4n) is 1.77. The Morgan fingerprint density at radius 1 is 1.53 bits per heavy atom.